The molecule has 24 heavy (non-hydrogen) atoms. The van der Waals surface area contributed by atoms with E-state index in [2.05, 4.69) is 10.3 Å². The number of hydrogen-bond acceptors (Lipinski definition) is 6. The first-order valence-electron chi connectivity index (χ1n) is 7.19. The second-order valence-corrected chi connectivity index (χ2v) is 6.37. The maximum atomic E-state index is 6.09. The van der Waals surface area contributed by atoms with Gasteiger partial charge < -0.3 is 19.5 Å². The first-order chi connectivity index (χ1) is 11.7. The zero-order chi connectivity index (χ0) is 16.5. The fourth-order valence-corrected chi connectivity index (χ4v) is 3.34. The average Bonchev–Trinajstić information content (AvgIpc) is 3.23. The molecule has 122 valence electrons. The Morgan fingerprint density at radius 3 is 2.92 bits per heavy atom. The lowest BCUT2D eigenvalue weighted by Gasteiger charge is -2.06. The van der Waals surface area contributed by atoms with Gasteiger partial charge >= 0.3 is 0 Å². The summed E-state index contributed by atoms with van der Waals surface area (Å²) in [7, 11) is 1.63. The van der Waals surface area contributed by atoms with Crippen LogP contribution in [0.5, 0.6) is 17.2 Å². The summed E-state index contributed by atoms with van der Waals surface area (Å²) < 4.78 is 16.1. The Bertz CT molecular complexity index is 897. The van der Waals surface area contributed by atoms with E-state index >= 15 is 0 Å². The Kier molecular flexibility index (Phi) is 3.92. The largest absolute Gasteiger partial charge is 0.496 e. The number of nitrogens with zero attached hydrogens (tertiary/aromatic N) is 1. The number of thiazole rings is 1. The molecule has 0 atom stereocenters. The summed E-state index contributed by atoms with van der Waals surface area (Å²) >= 11 is 7.60. The maximum absolute atomic E-state index is 6.09. The number of nitrogens with one attached hydrogen (secondary N) is 1. The van der Waals surface area contributed by atoms with E-state index in [4.69, 9.17) is 25.8 Å². The molecule has 5 nitrogen and oxygen atoms in total. The summed E-state index contributed by atoms with van der Waals surface area (Å²) in [4.78, 5) is 4.62. The standard InChI is InChI=1S/C17H13ClN2O3S/c1-21-14-4-2-10(18)6-12(14)13-8-24-17(20-13)19-11-3-5-15-16(7-11)23-9-22-15/h2-8H,9H2,1H3,(H,19,20). The molecule has 0 fully saturated rings. The molecule has 2 aromatic carbocycles. The van der Waals surface area contributed by atoms with Gasteiger partial charge in [-0.25, -0.2) is 4.98 Å². The van der Waals surface area contributed by atoms with Gasteiger partial charge in [0.25, 0.3) is 0 Å². The number of anilines is 2. The highest BCUT2D eigenvalue weighted by molar-refractivity contribution is 7.14. The van der Waals surface area contributed by atoms with Crippen molar-refractivity contribution in [2.24, 2.45) is 0 Å². The van der Waals surface area contributed by atoms with Crippen molar-refractivity contribution in [3.05, 3.63) is 46.8 Å². The minimum Gasteiger partial charge on any atom is -0.496 e. The van der Waals surface area contributed by atoms with E-state index < -0.39 is 0 Å². The Labute approximate surface area is 147 Å². The molecule has 2 heterocycles. The molecule has 0 radical (unpaired) electrons. The molecule has 0 saturated carbocycles. The topological polar surface area (TPSA) is 52.6 Å². The van der Waals surface area contributed by atoms with E-state index in [1.54, 1.807) is 13.2 Å². The second kappa shape index (κ2) is 6.22. The zero-order valence-electron chi connectivity index (χ0n) is 12.7. The number of ether oxygens (including phenoxy) is 3. The normalized spacial score (nSPS) is 12.2. The van der Waals surface area contributed by atoms with E-state index in [-0.39, 0.29) is 6.79 Å². The molecule has 1 aliphatic heterocycles. The van der Waals surface area contributed by atoms with Crippen LogP contribution in [-0.4, -0.2) is 18.9 Å². The van der Waals surface area contributed by atoms with Gasteiger partial charge in [-0.05, 0) is 30.3 Å². The van der Waals surface area contributed by atoms with Crippen molar-refractivity contribution in [1.29, 1.82) is 0 Å². The Hall–Kier alpha value is -2.44. The van der Waals surface area contributed by atoms with Crippen molar-refractivity contribution in [2.45, 2.75) is 0 Å². The third kappa shape index (κ3) is 2.86. The van der Waals surface area contributed by atoms with Gasteiger partial charge in [0.2, 0.25) is 6.79 Å². The second-order valence-electron chi connectivity index (χ2n) is 5.08. The highest BCUT2D eigenvalue weighted by Crippen LogP contribution is 2.37. The van der Waals surface area contributed by atoms with Crippen LogP contribution in [0.2, 0.25) is 5.02 Å². The molecule has 0 amide bonds. The van der Waals surface area contributed by atoms with Crippen molar-refractivity contribution in [3.8, 4) is 28.5 Å². The zero-order valence-corrected chi connectivity index (χ0v) is 14.3. The van der Waals surface area contributed by atoms with Gasteiger partial charge in [0, 0.05) is 27.7 Å². The molecule has 0 aliphatic carbocycles. The van der Waals surface area contributed by atoms with Crippen molar-refractivity contribution >= 4 is 33.8 Å². The fourth-order valence-electron chi connectivity index (χ4n) is 2.43. The number of benzene rings is 2. The molecule has 3 aromatic rings. The number of methoxy groups -OCH3 is 1. The van der Waals surface area contributed by atoms with E-state index in [1.807, 2.05) is 35.7 Å². The van der Waals surface area contributed by atoms with Crippen LogP contribution in [0.25, 0.3) is 11.3 Å². The molecule has 0 unspecified atom stereocenters. The van der Waals surface area contributed by atoms with Gasteiger partial charge in [0.05, 0.1) is 12.8 Å². The smallest absolute Gasteiger partial charge is 0.231 e. The molecule has 0 bridgehead atoms. The first kappa shape index (κ1) is 15.1. The molecule has 1 N–H and O–H groups in total. The lowest BCUT2D eigenvalue weighted by atomic mass is 10.1. The van der Waals surface area contributed by atoms with Crippen LogP contribution >= 0.6 is 22.9 Å². The number of hydrogen-bond donors (Lipinski definition) is 1. The van der Waals surface area contributed by atoms with Crippen molar-refractivity contribution in [3.63, 3.8) is 0 Å². The Balaban J connectivity index is 1.60. The average molecular weight is 361 g/mol. The minimum atomic E-state index is 0.259. The number of rotatable bonds is 4. The quantitative estimate of drug-likeness (QED) is 0.713. The van der Waals surface area contributed by atoms with Crippen molar-refractivity contribution in [2.75, 3.05) is 19.2 Å². The fraction of sp³-hybridized carbons (Fsp3) is 0.118. The monoisotopic (exact) mass is 360 g/mol. The SMILES string of the molecule is COc1ccc(Cl)cc1-c1csc(Nc2ccc3c(c2)OCO3)n1. The van der Waals surface area contributed by atoms with Gasteiger partial charge in [-0.1, -0.05) is 11.6 Å². The molecular weight excluding hydrogens is 348 g/mol. The highest BCUT2D eigenvalue weighted by Gasteiger charge is 2.15. The summed E-state index contributed by atoms with van der Waals surface area (Å²) in [6, 6.07) is 11.2. The van der Waals surface area contributed by atoms with Gasteiger partial charge in [-0.3, -0.25) is 0 Å². The number of fused-ring (bicyclic) bond motifs is 1. The number of aromatic nitrogens is 1. The van der Waals surface area contributed by atoms with E-state index in [0.29, 0.717) is 5.02 Å². The molecule has 1 aliphatic rings. The Morgan fingerprint density at radius 2 is 2.04 bits per heavy atom. The summed E-state index contributed by atoms with van der Waals surface area (Å²) in [5.41, 5.74) is 2.56. The van der Waals surface area contributed by atoms with Crippen LogP contribution in [0.15, 0.2) is 41.8 Å². The molecule has 0 saturated heterocycles. The Morgan fingerprint density at radius 1 is 1.17 bits per heavy atom. The van der Waals surface area contributed by atoms with Gasteiger partial charge in [0.15, 0.2) is 16.6 Å². The van der Waals surface area contributed by atoms with Gasteiger partial charge in [0.1, 0.15) is 5.75 Å². The van der Waals surface area contributed by atoms with Crippen molar-refractivity contribution in [1.82, 2.24) is 4.98 Å². The van der Waals surface area contributed by atoms with Gasteiger partial charge in [-0.2, -0.15) is 0 Å². The van der Waals surface area contributed by atoms with Crippen LogP contribution in [0.1, 0.15) is 0 Å². The first-order valence-corrected chi connectivity index (χ1v) is 8.45. The molecule has 1 aromatic heterocycles. The molecular formula is C17H13ClN2O3S. The predicted molar refractivity (Wildman–Crippen MR) is 95.0 cm³/mol. The summed E-state index contributed by atoms with van der Waals surface area (Å²) in [6.07, 6.45) is 0. The maximum Gasteiger partial charge on any atom is 0.231 e. The lowest BCUT2D eigenvalue weighted by Crippen LogP contribution is -1.93. The van der Waals surface area contributed by atoms with Crippen LogP contribution in [-0.2, 0) is 0 Å². The summed E-state index contributed by atoms with van der Waals surface area (Å²) in [6.45, 7) is 0.259. The highest BCUT2D eigenvalue weighted by atomic mass is 35.5. The molecule has 4 rings (SSSR count). The third-order valence-electron chi connectivity index (χ3n) is 3.57. The van der Waals surface area contributed by atoms with Gasteiger partial charge in [-0.15, -0.1) is 11.3 Å². The molecule has 7 heteroatoms. The van der Waals surface area contributed by atoms with Crippen LogP contribution in [0.3, 0.4) is 0 Å². The third-order valence-corrected chi connectivity index (χ3v) is 4.56. The summed E-state index contributed by atoms with van der Waals surface area (Å²) in [5.74, 6) is 2.22. The van der Waals surface area contributed by atoms with Crippen LogP contribution < -0.4 is 19.5 Å². The van der Waals surface area contributed by atoms with E-state index in [1.165, 1.54) is 11.3 Å². The van der Waals surface area contributed by atoms with Crippen LogP contribution in [0, 0.1) is 0 Å². The summed E-state index contributed by atoms with van der Waals surface area (Å²) in [5, 5.41) is 6.65. The predicted octanol–water partition coefficient (Wildman–Crippen LogP) is 4.94. The van der Waals surface area contributed by atoms with Crippen molar-refractivity contribution < 1.29 is 14.2 Å². The van der Waals surface area contributed by atoms with E-state index in [0.717, 1.165) is 39.3 Å². The minimum absolute atomic E-state index is 0.259. The number of halogens is 1. The lowest BCUT2D eigenvalue weighted by molar-refractivity contribution is 0.174. The van der Waals surface area contributed by atoms with Crippen LogP contribution in [0.4, 0.5) is 10.8 Å². The van der Waals surface area contributed by atoms with E-state index in [9.17, 15) is 0 Å². The molecule has 0 spiro atoms.